The fourth-order valence-corrected chi connectivity index (χ4v) is 5.63. The lowest BCUT2D eigenvalue weighted by Crippen LogP contribution is -2.43. The molecule has 2 aromatic rings. The molecule has 3 heterocycles. The minimum Gasteiger partial charge on any atom is -0.611 e. The average molecular weight is 451 g/mol. The number of aromatic nitrogens is 2. The molecule has 166 valence electrons. The van der Waals surface area contributed by atoms with E-state index < -0.39 is 34.0 Å². The molecule has 1 saturated carbocycles. The number of rotatable bonds is 5. The number of anilines is 2. The van der Waals surface area contributed by atoms with Crippen molar-refractivity contribution in [1.82, 2.24) is 9.97 Å². The number of aryl methyl sites for hydroxylation is 1. The summed E-state index contributed by atoms with van der Waals surface area (Å²) in [4.78, 5) is 11.8. The molecule has 0 radical (unpaired) electrons. The number of halogens is 2. The van der Waals surface area contributed by atoms with Crippen LogP contribution in [-0.4, -0.2) is 55.7 Å². The van der Waals surface area contributed by atoms with Crippen molar-refractivity contribution >= 4 is 22.9 Å². The van der Waals surface area contributed by atoms with Crippen LogP contribution in [-0.2, 0) is 23.2 Å². The highest BCUT2D eigenvalue weighted by Crippen LogP contribution is 2.42. The minimum atomic E-state index is -1.33. The molecule has 1 aromatic carbocycles. The van der Waals surface area contributed by atoms with Crippen LogP contribution in [0.4, 0.5) is 20.5 Å². The van der Waals surface area contributed by atoms with Crippen molar-refractivity contribution in [2.45, 2.75) is 48.1 Å². The Morgan fingerprint density at radius 1 is 1.10 bits per heavy atom. The first-order valence-corrected chi connectivity index (χ1v) is 11.8. The first-order valence-electron chi connectivity index (χ1n) is 10.4. The molecular weight excluding hydrogens is 426 g/mol. The number of aliphatic hydroxyl groups is 2. The van der Waals surface area contributed by atoms with Crippen LogP contribution in [0.1, 0.15) is 36.9 Å². The molecule has 2 fully saturated rings. The van der Waals surface area contributed by atoms with E-state index in [0.717, 1.165) is 24.6 Å². The number of hydrogen-bond donors (Lipinski definition) is 3. The summed E-state index contributed by atoms with van der Waals surface area (Å²) in [5, 5.41) is 24.0. The second kappa shape index (κ2) is 7.54. The lowest BCUT2D eigenvalue weighted by molar-refractivity contribution is 0.0109. The Balaban J connectivity index is 1.39. The standard InChI is InChI=1S/C21H24F2N4O3S/c22-14-9-13(10-15(23)11-14)21(29)4-6-27(7-5-21)19-24-16-1-8-31(30)17(16)18(25-19)26-20(12-28)2-3-20/h9-11,28-29H,1-8,12H2,(H,24,25,26). The van der Waals surface area contributed by atoms with Gasteiger partial charge in [-0.25, -0.2) is 13.8 Å². The smallest absolute Gasteiger partial charge is 0.227 e. The molecule has 1 aliphatic carbocycles. The van der Waals surface area contributed by atoms with E-state index in [-0.39, 0.29) is 25.0 Å². The van der Waals surface area contributed by atoms with Crippen LogP contribution in [0.25, 0.3) is 0 Å². The fourth-order valence-electron chi connectivity index (χ4n) is 4.32. The quantitative estimate of drug-likeness (QED) is 0.597. The molecule has 1 saturated heterocycles. The Hall–Kier alpha value is -2.01. The van der Waals surface area contributed by atoms with E-state index in [0.29, 0.717) is 41.9 Å². The number of aliphatic hydroxyl groups excluding tert-OH is 1. The van der Waals surface area contributed by atoms with E-state index >= 15 is 0 Å². The average Bonchev–Trinajstić information content (AvgIpc) is 3.41. The summed E-state index contributed by atoms with van der Waals surface area (Å²) < 4.78 is 39.8. The van der Waals surface area contributed by atoms with Gasteiger partial charge in [-0.1, -0.05) is 0 Å². The molecule has 5 rings (SSSR count). The van der Waals surface area contributed by atoms with Gasteiger partial charge >= 0.3 is 0 Å². The van der Waals surface area contributed by atoms with Crippen molar-refractivity contribution in [2.75, 3.05) is 35.7 Å². The van der Waals surface area contributed by atoms with E-state index in [1.807, 2.05) is 4.90 Å². The molecule has 0 amide bonds. The highest BCUT2D eigenvalue weighted by Gasteiger charge is 2.45. The Morgan fingerprint density at radius 3 is 2.39 bits per heavy atom. The highest BCUT2D eigenvalue weighted by atomic mass is 32.2. The van der Waals surface area contributed by atoms with Gasteiger partial charge in [-0.15, -0.1) is 0 Å². The predicted octanol–water partition coefficient (Wildman–Crippen LogP) is 1.84. The van der Waals surface area contributed by atoms with Crippen LogP contribution in [0.3, 0.4) is 0 Å². The lowest BCUT2D eigenvalue weighted by atomic mass is 9.84. The number of hydrogen-bond acceptors (Lipinski definition) is 7. The molecule has 31 heavy (non-hydrogen) atoms. The number of nitrogens with zero attached hydrogens (tertiary/aromatic N) is 3. The van der Waals surface area contributed by atoms with E-state index in [1.165, 1.54) is 12.1 Å². The largest absolute Gasteiger partial charge is 0.611 e. The van der Waals surface area contributed by atoms with Crippen molar-refractivity contribution < 1.29 is 23.5 Å². The molecule has 0 bridgehead atoms. The molecular formula is C21H24F2N4O3S. The van der Waals surface area contributed by atoms with Crippen molar-refractivity contribution in [3.05, 3.63) is 41.1 Å². The van der Waals surface area contributed by atoms with Crippen molar-refractivity contribution in [2.24, 2.45) is 0 Å². The molecule has 1 unspecified atom stereocenters. The van der Waals surface area contributed by atoms with Gasteiger partial charge in [0.1, 0.15) is 23.1 Å². The van der Waals surface area contributed by atoms with Gasteiger partial charge in [0.25, 0.3) is 0 Å². The second-order valence-electron chi connectivity index (χ2n) is 8.69. The summed E-state index contributed by atoms with van der Waals surface area (Å²) in [5.41, 5.74) is -0.757. The third-order valence-corrected chi connectivity index (χ3v) is 7.95. The van der Waals surface area contributed by atoms with Crippen LogP contribution in [0, 0.1) is 11.6 Å². The van der Waals surface area contributed by atoms with Gasteiger partial charge in [0, 0.05) is 25.6 Å². The summed E-state index contributed by atoms with van der Waals surface area (Å²) in [5.74, 6) is 0.0553. The summed E-state index contributed by atoms with van der Waals surface area (Å²) in [6.45, 7) is 0.789. The Labute approximate surface area is 181 Å². The molecule has 3 N–H and O–H groups in total. The van der Waals surface area contributed by atoms with Gasteiger partial charge in [0.2, 0.25) is 10.8 Å². The molecule has 2 aliphatic heterocycles. The molecule has 10 heteroatoms. The van der Waals surface area contributed by atoms with E-state index in [2.05, 4.69) is 15.3 Å². The van der Waals surface area contributed by atoms with Gasteiger partial charge < -0.3 is 25.0 Å². The number of benzene rings is 1. The van der Waals surface area contributed by atoms with Crippen molar-refractivity contribution in [3.8, 4) is 0 Å². The number of nitrogens with one attached hydrogen (secondary N) is 1. The number of piperidine rings is 1. The van der Waals surface area contributed by atoms with Gasteiger partial charge in [-0.05, 0) is 54.6 Å². The zero-order valence-electron chi connectivity index (χ0n) is 16.9. The third kappa shape index (κ3) is 3.86. The Morgan fingerprint density at radius 2 is 1.77 bits per heavy atom. The Kier molecular flexibility index (Phi) is 5.08. The third-order valence-electron chi connectivity index (χ3n) is 6.49. The van der Waals surface area contributed by atoms with Crippen molar-refractivity contribution in [1.29, 1.82) is 0 Å². The minimum absolute atomic E-state index is 0.0192. The summed E-state index contributed by atoms with van der Waals surface area (Å²) in [6, 6.07) is 3.13. The Bertz CT molecular complexity index is 992. The van der Waals surface area contributed by atoms with Crippen LogP contribution in [0.5, 0.6) is 0 Å². The first kappa shape index (κ1) is 20.9. The van der Waals surface area contributed by atoms with E-state index in [4.69, 9.17) is 0 Å². The molecule has 1 aromatic heterocycles. The maximum Gasteiger partial charge on any atom is 0.227 e. The summed E-state index contributed by atoms with van der Waals surface area (Å²) >= 11 is -1.17. The lowest BCUT2D eigenvalue weighted by Gasteiger charge is -2.38. The van der Waals surface area contributed by atoms with Crippen LogP contribution in [0.2, 0.25) is 0 Å². The van der Waals surface area contributed by atoms with Gasteiger partial charge in [0.05, 0.1) is 17.7 Å². The second-order valence-corrected chi connectivity index (χ2v) is 10.2. The van der Waals surface area contributed by atoms with Crippen molar-refractivity contribution in [3.63, 3.8) is 0 Å². The van der Waals surface area contributed by atoms with Gasteiger partial charge in [0.15, 0.2) is 5.82 Å². The van der Waals surface area contributed by atoms with Crippen LogP contribution < -0.4 is 10.2 Å². The maximum atomic E-state index is 13.6. The predicted molar refractivity (Wildman–Crippen MR) is 111 cm³/mol. The normalized spacial score (nSPS) is 23.5. The molecule has 7 nitrogen and oxygen atoms in total. The first-order chi connectivity index (χ1) is 14.8. The topological polar surface area (TPSA) is 105 Å². The summed E-state index contributed by atoms with van der Waals surface area (Å²) in [6.07, 6.45) is 2.78. The van der Waals surface area contributed by atoms with Gasteiger partial charge in [-0.2, -0.15) is 4.98 Å². The molecule has 1 atom stereocenters. The molecule has 3 aliphatic rings. The zero-order valence-corrected chi connectivity index (χ0v) is 17.7. The maximum absolute atomic E-state index is 13.6. The van der Waals surface area contributed by atoms with Crippen LogP contribution >= 0.6 is 0 Å². The van der Waals surface area contributed by atoms with Gasteiger partial charge in [-0.3, -0.25) is 0 Å². The monoisotopic (exact) mass is 450 g/mol. The van der Waals surface area contributed by atoms with Crippen LogP contribution in [0.15, 0.2) is 23.1 Å². The SMILES string of the molecule is [O-][S+]1CCc2nc(N3CCC(O)(c4cc(F)cc(F)c4)CC3)nc(NC3(CO)CC3)c21. The van der Waals surface area contributed by atoms with E-state index in [1.54, 1.807) is 0 Å². The fraction of sp³-hybridized carbons (Fsp3) is 0.524. The summed E-state index contributed by atoms with van der Waals surface area (Å²) in [7, 11) is 0. The molecule has 0 spiro atoms. The van der Waals surface area contributed by atoms with E-state index in [9.17, 15) is 23.5 Å². The number of fused-ring (bicyclic) bond motifs is 1. The highest BCUT2D eigenvalue weighted by molar-refractivity contribution is 7.91. The zero-order chi connectivity index (χ0) is 21.8.